The van der Waals surface area contributed by atoms with E-state index in [0.717, 1.165) is 45.7 Å². The van der Waals surface area contributed by atoms with Gasteiger partial charge in [0.1, 0.15) is 0 Å². The number of nitrogens with zero attached hydrogens (tertiary/aromatic N) is 1. The first kappa shape index (κ1) is 17.8. The third-order valence-corrected chi connectivity index (χ3v) is 5.68. The van der Waals surface area contributed by atoms with Crippen molar-refractivity contribution in [3.8, 4) is 0 Å². The Morgan fingerprint density at radius 3 is 2.48 bits per heavy atom. The van der Waals surface area contributed by atoms with E-state index >= 15 is 0 Å². The minimum absolute atomic E-state index is 0.114. The predicted molar refractivity (Wildman–Crippen MR) is 109 cm³/mol. The van der Waals surface area contributed by atoms with Crippen molar-refractivity contribution in [3.05, 3.63) is 71.4 Å². The summed E-state index contributed by atoms with van der Waals surface area (Å²) in [6.07, 6.45) is 1.11. The molecule has 0 aliphatic carbocycles. The minimum Gasteiger partial charge on any atom is -0.341 e. The van der Waals surface area contributed by atoms with Gasteiger partial charge in [-0.2, -0.15) is 11.8 Å². The Balaban J connectivity index is 2.08. The third kappa shape index (κ3) is 3.52. The second-order valence-corrected chi connectivity index (χ2v) is 7.77. The number of thioether (sulfide) groups is 1. The summed E-state index contributed by atoms with van der Waals surface area (Å²) < 4.78 is 2.35. The van der Waals surface area contributed by atoms with Crippen molar-refractivity contribution in [3.63, 3.8) is 0 Å². The summed E-state index contributed by atoms with van der Waals surface area (Å²) in [6, 6.07) is 18.2. The van der Waals surface area contributed by atoms with Crippen LogP contribution in [0.2, 0.25) is 0 Å². The molecule has 3 rings (SSSR count). The number of para-hydroxylation sites is 1. The molecule has 3 heteroatoms. The van der Waals surface area contributed by atoms with Gasteiger partial charge >= 0.3 is 0 Å². The molecule has 1 heterocycles. The number of carbonyl (C=O) groups is 1. The summed E-state index contributed by atoms with van der Waals surface area (Å²) in [6.45, 7) is 6.54. The van der Waals surface area contributed by atoms with E-state index in [0.29, 0.717) is 6.04 Å². The first-order valence-electron chi connectivity index (χ1n) is 8.92. The molecular formula is C22H25NOS. The molecule has 1 unspecified atom stereocenters. The Morgan fingerprint density at radius 2 is 1.76 bits per heavy atom. The fraction of sp³-hybridized carbons (Fsp3) is 0.318. The lowest BCUT2D eigenvalue weighted by Gasteiger charge is -2.17. The van der Waals surface area contributed by atoms with Crippen LogP contribution in [0.5, 0.6) is 0 Å². The van der Waals surface area contributed by atoms with E-state index in [1.54, 1.807) is 0 Å². The zero-order chi connectivity index (χ0) is 17.8. The zero-order valence-corrected chi connectivity index (χ0v) is 16.0. The van der Waals surface area contributed by atoms with E-state index in [4.69, 9.17) is 0 Å². The van der Waals surface area contributed by atoms with Crippen LogP contribution >= 0.6 is 11.8 Å². The van der Waals surface area contributed by atoms with Gasteiger partial charge in [0.2, 0.25) is 0 Å². The molecule has 1 aromatic heterocycles. The molecule has 0 fully saturated rings. The molecule has 0 bridgehead atoms. The molecule has 3 aromatic rings. The Labute approximate surface area is 154 Å². The number of carbonyl (C=O) groups excluding carboxylic acids is 1. The summed E-state index contributed by atoms with van der Waals surface area (Å²) in [4.78, 5) is 13.2. The fourth-order valence-corrected chi connectivity index (χ4v) is 4.30. The first-order valence-corrected chi connectivity index (χ1v) is 10.1. The summed E-state index contributed by atoms with van der Waals surface area (Å²) in [5, 5.41) is 1.06. The third-order valence-electron chi connectivity index (χ3n) is 4.74. The van der Waals surface area contributed by atoms with Gasteiger partial charge in [-0.1, -0.05) is 55.5 Å². The van der Waals surface area contributed by atoms with Crippen LogP contribution in [0.1, 0.15) is 47.9 Å². The van der Waals surface area contributed by atoms with E-state index in [2.05, 4.69) is 43.5 Å². The van der Waals surface area contributed by atoms with Gasteiger partial charge in [-0.05, 0) is 37.8 Å². The van der Waals surface area contributed by atoms with E-state index in [1.165, 1.54) is 0 Å². The van der Waals surface area contributed by atoms with Crippen molar-refractivity contribution in [2.45, 2.75) is 33.2 Å². The molecule has 0 radical (unpaired) electrons. The highest BCUT2D eigenvalue weighted by Gasteiger charge is 2.22. The second-order valence-electron chi connectivity index (χ2n) is 6.38. The number of fused-ring (bicyclic) bond motifs is 1. The standard InChI is InChI=1S/C22H25NOS/c1-4-25-15-14-16(2)23-17(3)21(19-12-8-9-13-20(19)23)22(24)18-10-6-5-7-11-18/h5-13,16H,4,14-15H2,1-3H3. The molecule has 0 spiro atoms. The SMILES string of the molecule is CCSCCC(C)n1c(C)c(C(=O)c2ccccc2)c2ccccc21. The second kappa shape index (κ2) is 7.92. The molecule has 130 valence electrons. The van der Waals surface area contributed by atoms with Crippen molar-refractivity contribution in [1.82, 2.24) is 4.57 Å². The van der Waals surface area contributed by atoms with Crippen LogP contribution in [0, 0.1) is 6.92 Å². The molecule has 0 aliphatic rings. The van der Waals surface area contributed by atoms with Crippen LogP contribution < -0.4 is 0 Å². The van der Waals surface area contributed by atoms with Crippen LogP contribution in [0.4, 0.5) is 0 Å². The lowest BCUT2D eigenvalue weighted by atomic mass is 10.0. The van der Waals surface area contributed by atoms with Crippen molar-refractivity contribution in [2.24, 2.45) is 0 Å². The smallest absolute Gasteiger partial charge is 0.195 e. The normalized spacial score (nSPS) is 12.4. The number of hydrogen-bond acceptors (Lipinski definition) is 2. The fourth-order valence-electron chi connectivity index (χ4n) is 3.51. The van der Waals surface area contributed by atoms with Crippen molar-refractivity contribution in [1.29, 1.82) is 0 Å². The van der Waals surface area contributed by atoms with Gasteiger partial charge < -0.3 is 4.57 Å². The van der Waals surface area contributed by atoms with Crippen LogP contribution in [-0.2, 0) is 0 Å². The Kier molecular flexibility index (Phi) is 5.64. The quantitative estimate of drug-likeness (QED) is 0.391. The maximum Gasteiger partial charge on any atom is 0.195 e. The monoisotopic (exact) mass is 351 g/mol. The van der Waals surface area contributed by atoms with E-state index in [-0.39, 0.29) is 5.78 Å². The summed E-state index contributed by atoms with van der Waals surface area (Å²) in [5.74, 6) is 2.41. The molecular weight excluding hydrogens is 326 g/mol. The number of benzene rings is 2. The molecule has 1 atom stereocenters. The van der Waals surface area contributed by atoms with E-state index in [1.807, 2.05) is 48.2 Å². The van der Waals surface area contributed by atoms with Crippen LogP contribution in [0.25, 0.3) is 10.9 Å². The molecule has 0 aliphatic heterocycles. The highest BCUT2D eigenvalue weighted by molar-refractivity contribution is 7.99. The predicted octanol–water partition coefficient (Wildman–Crippen LogP) is 5.88. The lowest BCUT2D eigenvalue weighted by Crippen LogP contribution is -2.10. The average molecular weight is 352 g/mol. The van der Waals surface area contributed by atoms with Gasteiger partial charge in [-0.25, -0.2) is 0 Å². The highest BCUT2D eigenvalue weighted by Crippen LogP contribution is 2.32. The summed E-state index contributed by atoms with van der Waals surface area (Å²) in [7, 11) is 0. The van der Waals surface area contributed by atoms with Crippen LogP contribution in [-0.4, -0.2) is 21.9 Å². The first-order chi connectivity index (χ1) is 12.1. The molecule has 25 heavy (non-hydrogen) atoms. The number of rotatable bonds is 7. The minimum atomic E-state index is 0.114. The zero-order valence-electron chi connectivity index (χ0n) is 15.2. The van der Waals surface area contributed by atoms with Gasteiger partial charge in [0.25, 0.3) is 0 Å². The number of aromatic nitrogens is 1. The van der Waals surface area contributed by atoms with Crippen molar-refractivity contribution >= 4 is 28.4 Å². The summed E-state index contributed by atoms with van der Waals surface area (Å²) in [5.41, 5.74) is 3.83. The Bertz CT molecular complexity index is 866. The average Bonchev–Trinajstić information content (AvgIpc) is 2.94. The Morgan fingerprint density at radius 1 is 1.08 bits per heavy atom. The maximum atomic E-state index is 13.2. The van der Waals surface area contributed by atoms with Gasteiger partial charge in [0.05, 0.1) is 5.56 Å². The van der Waals surface area contributed by atoms with Gasteiger partial charge in [0, 0.05) is 28.2 Å². The highest BCUT2D eigenvalue weighted by atomic mass is 32.2. The van der Waals surface area contributed by atoms with Gasteiger partial charge in [-0.15, -0.1) is 0 Å². The molecule has 0 saturated carbocycles. The maximum absolute atomic E-state index is 13.2. The Hall–Kier alpha value is -2.00. The van der Waals surface area contributed by atoms with Gasteiger partial charge in [0.15, 0.2) is 5.78 Å². The van der Waals surface area contributed by atoms with E-state index < -0.39 is 0 Å². The van der Waals surface area contributed by atoms with Crippen molar-refractivity contribution < 1.29 is 4.79 Å². The molecule has 0 amide bonds. The topological polar surface area (TPSA) is 22.0 Å². The van der Waals surface area contributed by atoms with E-state index in [9.17, 15) is 4.79 Å². The molecule has 2 nitrogen and oxygen atoms in total. The number of hydrogen-bond donors (Lipinski definition) is 0. The lowest BCUT2D eigenvalue weighted by molar-refractivity contribution is 0.103. The van der Waals surface area contributed by atoms with Gasteiger partial charge in [-0.3, -0.25) is 4.79 Å². The number of ketones is 1. The van der Waals surface area contributed by atoms with Crippen LogP contribution in [0.15, 0.2) is 54.6 Å². The largest absolute Gasteiger partial charge is 0.341 e. The molecule has 0 N–H and O–H groups in total. The molecule has 2 aromatic carbocycles. The van der Waals surface area contributed by atoms with Crippen LogP contribution in [0.3, 0.4) is 0 Å². The van der Waals surface area contributed by atoms with Crippen molar-refractivity contribution in [2.75, 3.05) is 11.5 Å². The summed E-state index contributed by atoms with van der Waals surface area (Å²) >= 11 is 1.97. The molecule has 0 saturated heterocycles.